The number of halogens is 1. The minimum Gasteiger partial charge on any atom is -0.382 e. The molecule has 26 heavy (non-hydrogen) atoms. The molecule has 0 spiro atoms. The molecule has 3 N–H and O–H groups in total. The van der Waals surface area contributed by atoms with Crippen LogP contribution in [0.5, 0.6) is 0 Å². The molecule has 1 aromatic rings. The van der Waals surface area contributed by atoms with Gasteiger partial charge in [-0.15, -0.1) is 0 Å². The number of nitrogens with one attached hydrogen (secondary N) is 3. The summed E-state index contributed by atoms with van der Waals surface area (Å²) in [7, 11) is 1.65. The van der Waals surface area contributed by atoms with Crippen LogP contribution in [-0.4, -0.2) is 58.4 Å². The van der Waals surface area contributed by atoms with Crippen LogP contribution in [-0.2, 0) is 14.3 Å². The number of benzene rings is 1. The van der Waals surface area contributed by atoms with Crippen molar-refractivity contribution in [3.05, 3.63) is 28.2 Å². The lowest BCUT2D eigenvalue weighted by molar-refractivity contribution is -0.114. The zero-order chi connectivity index (χ0) is 19.2. The van der Waals surface area contributed by atoms with Gasteiger partial charge in [-0.1, -0.05) is 22.0 Å². The van der Waals surface area contributed by atoms with E-state index in [1.165, 1.54) is 0 Å². The van der Waals surface area contributed by atoms with Crippen LogP contribution in [0.1, 0.15) is 18.9 Å². The lowest BCUT2D eigenvalue weighted by Gasteiger charge is -2.12. The third-order valence-corrected chi connectivity index (χ3v) is 3.88. The van der Waals surface area contributed by atoms with Gasteiger partial charge in [0.25, 0.3) is 0 Å². The van der Waals surface area contributed by atoms with Gasteiger partial charge in [0.15, 0.2) is 5.96 Å². The fraction of sp³-hybridized carbons (Fsp3) is 0.556. The average molecular weight is 429 g/mol. The summed E-state index contributed by atoms with van der Waals surface area (Å²) in [5, 5.41) is 9.20. The Bertz CT molecular complexity index is 582. The van der Waals surface area contributed by atoms with Gasteiger partial charge >= 0.3 is 0 Å². The molecule has 1 rings (SSSR count). The third kappa shape index (κ3) is 9.74. The molecule has 0 atom stereocenters. The van der Waals surface area contributed by atoms with E-state index in [0.717, 1.165) is 28.7 Å². The van der Waals surface area contributed by atoms with Crippen molar-refractivity contribution in [1.29, 1.82) is 0 Å². The molecule has 0 aliphatic rings. The maximum atomic E-state index is 12.1. The molecule has 7 nitrogen and oxygen atoms in total. The van der Waals surface area contributed by atoms with Crippen molar-refractivity contribution in [1.82, 2.24) is 10.6 Å². The number of carbonyl (C=O) groups is 1. The van der Waals surface area contributed by atoms with E-state index in [4.69, 9.17) is 9.47 Å². The Balaban J connectivity index is 2.39. The van der Waals surface area contributed by atoms with Crippen molar-refractivity contribution < 1.29 is 14.3 Å². The number of aryl methyl sites for hydroxylation is 1. The van der Waals surface area contributed by atoms with Crippen LogP contribution in [0.15, 0.2) is 27.7 Å². The lowest BCUT2D eigenvalue weighted by Crippen LogP contribution is -2.38. The third-order valence-electron chi connectivity index (χ3n) is 3.39. The number of ether oxygens (including phenoxy) is 2. The molecule has 1 aromatic carbocycles. The van der Waals surface area contributed by atoms with E-state index in [9.17, 15) is 4.79 Å². The van der Waals surface area contributed by atoms with Gasteiger partial charge in [-0.3, -0.25) is 4.79 Å². The largest absolute Gasteiger partial charge is 0.382 e. The first-order valence-electron chi connectivity index (χ1n) is 8.71. The van der Waals surface area contributed by atoms with Crippen molar-refractivity contribution in [3.63, 3.8) is 0 Å². The Morgan fingerprint density at radius 3 is 2.77 bits per heavy atom. The summed E-state index contributed by atoms with van der Waals surface area (Å²) in [4.78, 5) is 16.5. The van der Waals surface area contributed by atoms with Crippen molar-refractivity contribution in [3.8, 4) is 0 Å². The zero-order valence-corrected chi connectivity index (χ0v) is 17.3. The molecule has 0 heterocycles. The number of anilines is 1. The molecular formula is C18H29BrN4O3. The minimum atomic E-state index is -0.161. The molecular weight excluding hydrogens is 400 g/mol. The molecule has 0 radical (unpaired) electrons. The van der Waals surface area contributed by atoms with Crippen LogP contribution in [0.3, 0.4) is 0 Å². The minimum absolute atomic E-state index is 0.0472. The second kappa shape index (κ2) is 13.5. The zero-order valence-electron chi connectivity index (χ0n) is 15.7. The predicted molar refractivity (Wildman–Crippen MR) is 109 cm³/mol. The summed E-state index contributed by atoms with van der Waals surface area (Å²) < 4.78 is 11.2. The maximum Gasteiger partial charge on any atom is 0.246 e. The van der Waals surface area contributed by atoms with Gasteiger partial charge < -0.3 is 25.4 Å². The van der Waals surface area contributed by atoms with Gasteiger partial charge in [0.05, 0.1) is 13.2 Å². The van der Waals surface area contributed by atoms with E-state index in [0.29, 0.717) is 32.3 Å². The monoisotopic (exact) mass is 428 g/mol. The van der Waals surface area contributed by atoms with E-state index >= 15 is 0 Å². The Hall–Kier alpha value is -1.64. The number of rotatable bonds is 11. The van der Waals surface area contributed by atoms with Crippen molar-refractivity contribution in [2.24, 2.45) is 4.99 Å². The Labute approximate surface area is 164 Å². The number of hydrogen-bond donors (Lipinski definition) is 3. The van der Waals surface area contributed by atoms with Crippen LogP contribution in [0, 0.1) is 6.92 Å². The number of aliphatic imine (C=N–C) groups is 1. The quantitative estimate of drug-likeness (QED) is 0.286. The topological polar surface area (TPSA) is 84.0 Å². The highest BCUT2D eigenvalue weighted by molar-refractivity contribution is 9.10. The summed E-state index contributed by atoms with van der Waals surface area (Å²) in [5.41, 5.74) is 1.79. The van der Waals surface area contributed by atoms with Gasteiger partial charge in [-0.2, -0.15) is 0 Å². The molecule has 0 aromatic heterocycles. The first-order chi connectivity index (χ1) is 12.6. The lowest BCUT2D eigenvalue weighted by atomic mass is 10.2. The maximum absolute atomic E-state index is 12.1. The van der Waals surface area contributed by atoms with E-state index in [2.05, 4.69) is 36.9 Å². The van der Waals surface area contributed by atoms with Crippen LogP contribution in [0.4, 0.5) is 5.69 Å². The smallest absolute Gasteiger partial charge is 0.246 e. The van der Waals surface area contributed by atoms with Gasteiger partial charge in [-0.05, 0) is 38.0 Å². The van der Waals surface area contributed by atoms with E-state index in [1.54, 1.807) is 7.11 Å². The number of amides is 1. The van der Waals surface area contributed by atoms with Crippen LogP contribution in [0.25, 0.3) is 0 Å². The highest BCUT2D eigenvalue weighted by atomic mass is 79.9. The summed E-state index contributed by atoms with van der Waals surface area (Å²) in [6, 6.07) is 5.77. The molecule has 0 aliphatic carbocycles. The van der Waals surface area contributed by atoms with Crippen LogP contribution < -0.4 is 16.0 Å². The SMILES string of the molecule is CCNC(=NCC(=O)Nc1cc(Br)ccc1C)NCCCOCCOC. The van der Waals surface area contributed by atoms with E-state index in [1.807, 2.05) is 32.0 Å². The van der Waals surface area contributed by atoms with Gasteiger partial charge in [-0.25, -0.2) is 4.99 Å². The first kappa shape index (κ1) is 22.4. The standard InChI is InChI=1S/C18H29BrN4O3/c1-4-20-18(21-8-5-9-26-11-10-25-3)22-13-17(24)23-16-12-15(19)7-6-14(16)2/h6-7,12H,4-5,8-11,13H2,1-3H3,(H,23,24)(H2,20,21,22). The number of hydrogen-bond acceptors (Lipinski definition) is 4. The first-order valence-corrected chi connectivity index (χ1v) is 9.51. The number of methoxy groups -OCH3 is 1. The van der Waals surface area contributed by atoms with Gasteiger partial charge in [0, 0.05) is 37.0 Å². The van der Waals surface area contributed by atoms with E-state index in [-0.39, 0.29) is 12.5 Å². The van der Waals surface area contributed by atoms with Gasteiger partial charge in [0.2, 0.25) is 5.91 Å². The molecule has 0 fully saturated rings. The highest BCUT2D eigenvalue weighted by Gasteiger charge is 2.06. The predicted octanol–water partition coefficient (Wildman–Crippen LogP) is 2.30. The molecule has 8 heteroatoms. The average Bonchev–Trinajstić information content (AvgIpc) is 2.62. The summed E-state index contributed by atoms with van der Waals surface area (Å²) >= 11 is 3.41. The molecule has 0 saturated heterocycles. The fourth-order valence-corrected chi connectivity index (χ4v) is 2.40. The molecule has 146 valence electrons. The fourth-order valence-electron chi connectivity index (χ4n) is 2.04. The molecule has 0 bridgehead atoms. The second-order valence-electron chi connectivity index (χ2n) is 5.59. The Kier molecular flexibility index (Phi) is 11.7. The Morgan fingerprint density at radius 2 is 2.04 bits per heavy atom. The van der Waals surface area contributed by atoms with Crippen molar-refractivity contribution >= 4 is 33.5 Å². The van der Waals surface area contributed by atoms with Crippen LogP contribution in [0.2, 0.25) is 0 Å². The molecule has 0 unspecified atom stereocenters. The normalized spacial score (nSPS) is 11.3. The van der Waals surface area contributed by atoms with E-state index < -0.39 is 0 Å². The summed E-state index contributed by atoms with van der Waals surface area (Å²) in [5.74, 6) is 0.455. The molecule has 0 aliphatic heterocycles. The number of nitrogens with zero attached hydrogens (tertiary/aromatic N) is 1. The van der Waals surface area contributed by atoms with Crippen molar-refractivity contribution in [2.45, 2.75) is 20.3 Å². The van der Waals surface area contributed by atoms with Gasteiger partial charge in [0.1, 0.15) is 6.54 Å². The molecule has 0 saturated carbocycles. The van der Waals surface area contributed by atoms with Crippen molar-refractivity contribution in [2.75, 3.05) is 51.9 Å². The number of guanidine groups is 1. The highest BCUT2D eigenvalue weighted by Crippen LogP contribution is 2.20. The Morgan fingerprint density at radius 1 is 1.23 bits per heavy atom. The summed E-state index contributed by atoms with van der Waals surface area (Å²) in [6.45, 7) is 7.27. The number of carbonyl (C=O) groups excluding carboxylic acids is 1. The summed E-state index contributed by atoms with van der Waals surface area (Å²) in [6.07, 6.45) is 0.845. The van der Waals surface area contributed by atoms with Crippen LogP contribution >= 0.6 is 15.9 Å². The molecule has 1 amide bonds. The second-order valence-corrected chi connectivity index (χ2v) is 6.50.